The third-order valence-electron chi connectivity index (χ3n) is 3.51. The average Bonchev–Trinajstić information content (AvgIpc) is 2.76. The van der Waals surface area contributed by atoms with Gasteiger partial charge in [0.15, 0.2) is 0 Å². The molecule has 0 aromatic rings. The van der Waals surface area contributed by atoms with E-state index in [1.54, 1.807) is 11.8 Å². The second-order valence-corrected chi connectivity index (χ2v) is 6.38. The first-order chi connectivity index (χ1) is 14.4. The smallest absolute Gasteiger partial charge is 0.115 e. The Morgan fingerprint density at radius 3 is 1.57 bits per heavy atom. The Labute approximate surface area is 191 Å². The summed E-state index contributed by atoms with van der Waals surface area (Å²) in [5, 5.41) is 0. The first-order valence-electron chi connectivity index (χ1n) is 11.9. The normalized spacial score (nSPS) is 10.8. The molecule has 0 saturated heterocycles. The van der Waals surface area contributed by atoms with Crippen LogP contribution in [0.15, 0.2) is 60.6 Å². The summed E-state index contributed by atoms with van der Waals surface area (Å²) in [5.74, 6) is 0.789. The van der Waals surface area contributed by atoms with Gasteiger partial charge in [0.1, 0.15) is 5.83 Å². The Morgan fingerprint density at radius 2 is 1.27 bits per heavy atom. The van der Waals surface area contributed by atoms with Gasteiger partial charge in [-0.15, -0.1) is 0 Å². The Hall–Kier alpha value is -1.57. The van der Waals surface area contributed by atoms with Gasteiger partial charge in [0.25, 0.3) is 0 Å². The van der Waals surface area contributed by atoms with Gasteiger partial charge >= 0.3 is 0 Å². The van der Waals surface area contributed by atoms with E-state index < -0.39 is 0 Å². The summed E-state index contributed by atoms with van der Waals surface area (Å²) in [6, 6.07) is 0. The molecule has 0 saturated carbocycles. The summed E-state index contributed by atoms with van der Waals surface area (Å²) in [7, 11) is 1.84. The van der Waals surface area contributed by atoms with Crippen molar-refractivity contribution in [1.29, 1.82) is 0 Å². The van der Waals surface area contributed by atoms with Gasteiger partial charge in [0, 0.05) is 7.05 Å². The van der Waals surface area contributed by atoms with E-state index in [4.69, 9.17) is 0 Å². The number of hydrogen-bond acceptors (Lipinski definition) is 1. The molecule has 0 aromatic heterocycles. The van der Waals surface area contributed by atoms with Crippen LogP contribution in [0.25, 0.3) is 0 Å². The summed E-state index contributed by atoms with van der Waals surface area (Å²) in [5.41, 5.74) is 0. The third-order valence-corrected chi connectivity index (χ3v) is 3.51. The van der Waals surface area contributed by atoms with Gasteiger partial charge in [-0.3, -0.25) is 0 Å². The van der Waals surface area contributed by atoms with Crippen molar-refractivity contribution >= 4 is 0 Å². The second kappa shape index (κ2) is 41.7. The fourth-order valence-electron chi connectivity index (χ4n) is 1.72. The molecule has 0 fully saturated rings. The fourth-order valence-corrected chi connectivity index (χ4v) is 1.72. The van der Waals surface area contributed by atoms with Crippen molar-refractivity contribution in [2.24, 2.45) is 5.92 Å². The van der Waals surface area contributed by atoms with E-state index >= 15 is 0 Å². The third kappa shape index (κ3) is 50.3. The molecular formula is C28H56FN. The number of rotatable bonds is 8. The zero-order chi connectivity index (χ0) is 24.6. The number of likely N-dealkylation sites (N-methyl/N-ethyl adjacent to an activating group) is 1. The topological polar surface area (TPSA) is 3.24 Å². The lowest BCUT2D eigenvalue weighted by Crippen LogP contribution is -2.12. The highest BCUT2D eigenvalue weighted by Gasteiger charge is 1.98. The maximum Gasteiger partial charge on any atom is 0.115 e. The van der Waals surface area contributed by atoms with Gasteiger partial charge in [-0.1, -0.05) is 109 Å². The quantitative estimate of drug-likeness (QED) is 0.276. The minimum atomic E-state index is -0.0967. The van der Waals surface area contributed by atoms with Crippen molar-refractivity contribution in [3.8, 4) is 0 Å². The largest absolute Gasteiger partial charge is 0.374 e. The molecule has 0 bridgehead atoms. The fraction of sp³-hybridized carbons (Fsp3) is 0.643. The number of nitrogens with zero attached hydrogens (tertiary/aromatic N) is 1. The van der Waals surface area contributed by atoms with Gasteiger partial charge in [-0.2, -0.15) is 0 Å². The van der Waals surface area contributed by atoms with Crippen molar-refractivity contribution in [2.45, 2.75) is 102 Å². The predicted octanol–water partition coefficient (Wildman–Crippen LogP) is 10.3. The highest BCUT2D eigenvalue weighted by atomic mass is 19.1. The maximum absolute atomic E-state index is 12.5. The monoisotopic (exact) mass is 425 g/mol. The second-order valence-electron chi connectivity index (χ2n) is 6.38. The van der Waals surface area contributed by atoms with Crippen LogP contribution < -0.4 is 0 Å². The Bertz CT molecular complexity index is 395. The molecular weight excluding hydrogens is 369 g/mol. The Morgan fingerprint density at radius 1 is 0.800 bits per heavy atom. The van der Waals surface area contributed by atoms with Gasteiger partial charge < -0.3 is 4.90 Å². The number of halogens is 1. The zero-order valence-corrected chi connectivity index (χ0v) is 22.6. The molecule has 0 aliphatic carbocycles. The number of allylic oxidation sites excluding steroid dienone is 8. The van der Waals surface area contributed by atoms with Gasteiger partial charge in [0.2, 0.25) is 0 Å². The maximum atomic E-state index is 12.5. The van der Waals surface area contributed by atoms with Crippen molar-refractivity contribution in [1.82, 2.24) is 4.90 Å². The lowest BCUT2D eigenvalue weighted by atomic mass is 9.99. The van der Waals surface area contributed by atoms with Crippen molar-refractivity contribution in [3.05, 3.63) is 60.6 Å². The summed E-state index contributed by atoms with van der Waals surface area (Å²) in [6.07, 6.45) is 22.8. The molecule has 2 heteroatoms. The van der Waals surface area contributed by atoms with Gasteiger partial charge in [-0.25, -0.2) is 4.39 Å². The van der Waals surface area contributed by atoms with E-state index in [2.05, 4.69) is 52.0 Å². The van der Waals surface area contributed by atoms with Gasteiger partial charge in [-0.05, 0) is 53.2 Å². The van der Waals surface area contributed by atoms with Crippen LogP contribution in [-0.2, 0) is 0 Å². The summed E-state index contributed by atoms with van der Waals surface area (Å²) in [6.45, 7) is 22.8. The lowest BCUT2D eigenvalue weighted by molar-refractivity contribution is 0.437. The average molecular weight is 426 g/mol. The lowest BCUT2D eigenvalue weighted by Gasteiger charge is -2.10. The van der Waals surface area contributed by atoms with Crippen molar-refractivity contribution in [3.63, 3.8) is 0 Å². The van der Waals surface area contributed by atoms with Crippen LogP contribution >= 0.6 is 0 Å². The predicted molar refractivity (Wildman–Crippen MR) is 143 cm³/mol. The molecule has 1 nitrogen and oxygen atoms in total. The number of hydrogen-bond donors (Lipinski definition) is 0. The van der Waals surface area contributed by atoms with E-state index in [0.29, 0.717) is 6.54 Å². The molecule has 0 heterocycles. The molecule has 0 aliphatic rings. The SMILES string of the molecule is C/C=C/C.C/C=C\C=C/CC(CC)CC.C/C=C\N(C)C/C(F)=C\C.CC.CCC. The molecule has 0 unspecified atom stereocenters. The minimum absolute atomic E-state index is 0.0967. The molecule has 0 N–H and O–H groups in total. The summed E-state index contributed by atoms with van der Waals surface area (Å²) < 4.78 is 12.5. The molecule has 0 aromatic carbocycles. The molecule has 0 amide bonds. The van der Waals surface area contributed by atoms with Gasteiger partial charge in [0.05, 0.1) is 6.54 Å². The Balaban J connectivity index is -0.000000100. The molecule has 0 rings (SSSR count). The van der Waals surface area contributed by atoms with Crippen LogP contribution in [0.2, 0.25) is 0 Å². The van der Waals surface area contributed by atoms with Crippen LogP contribution in [0.1, 0.15) is 102 Å². The van der Waals surface area contributed by atoms with Crippen molar-refractivity contribution in [2.75, 3.05) is 13.6 Å². The highest BCUT2D eigenvalue weighted by molar-refractivity contribution is 5.01. The van der Waals surface area contributed by atoms with Crippen LogP contribution in [0.4, 0.5) is 4.39 Å². The van der Waals surface area contributed by atoms with Crippen LogP contribution in [0, 0.1) is 5.92 Å². The summed E-state index contributed by atoms with van der Waals surface area (Å²) >= 11 is 0. The van der Waals surface area contributed by atoms with E-state index in [1.807, 2.05) is 73.0 Å². The van der Waals surface area contributed by atoms with E-state index in [9.17, 15) is 4.39 Å². The van der Waals surface area contributed by atoms with E-state index in [1.165, 1.54) is 31.8 Å². The highest BCUT2D eigenvalue weighted by Crippen LogP contribution is 2.12. The molecule has 0 atom stereocenters. The molecule has 0 radical (unpaired) electrons. The Kier molecular flexibility index (Phi) is 54.2. The molecule has 180 valence electrons. The molecule has 30 heavy (non-hydrogen) atoms. The minimum Gasteiger partial charge on any atom is -0.374 e. The first kappa shape index (κ1) is 39.0. The van der Waals surface area contributed by atoms with Crippen LogP contribution in [-0.4, -0.2) is 18.5 Å². The molecule has 0 spiro atoms. The first-order valence-corrected chi connectivity index (χ1v) is 11.9. The summed E-state index contributed by atoms with van der Waals surface area (Å²) in [4.78, 5) is 1.79. The van der Waals surface area contributed by atoms with Crippen molar-refractivity contribution < 1.29 is 4.39 Å². The zero-order valence-electron chi connectivity index (χ0n) is 22.6. The standard InChI is InChI=1S/C11H20.C8H14FN.C4H8.C3H8.C2H6/c1-4-7-8-9-10-11(5-2)6-3;1-4-6-10(3)7-8(9)5-2;1-3-4-2;1-3-2;1-2/h4,7-9,11H,5-6,10H2,1-3H3;4-6H,7H2,1-3H3;3-4H,1-2H3;3H2,1-2H3;1-2H3/b7-4-,9-8-;6-4-,8-5+;4-3+;;. The van der Waals surface area contributed by atoms with E-state index in [0.717, 1.165) is 5.92 Å². The van der Waals surface area contributed by atoms with Crippen LogP contribution in [0.3, 0.4) is 0 Å². The molecule has 0 aliphatic heterocycles. The van der Waals surface area contributed by atoms with E-state index in [-0.39, 0.29) is 5.83 Å². The van der Waals surface area contributed by atoms with Crippen LogP contribution in [0.5, 0.6) is 0 Å².